The van der Waals surface area contributed by atoms with E-state index < -0.39 is 0 Å². The zero-order valence-electron chi connectivity index (χ0n) is 13.8. The number of nitrogens with zero attached hydrogens (tertiary/aromatic N) is 1. The molecule has 0 aliphatic rings. The number of benzene rings is 2. The average Bonchev–Trinajstić information content (AvgIpc) is 2.62. The Kier molecular flexibility index (Phi) is 5.46. The van der Waals surface area contributed by atoms with Gasteiger partial charge in [-0.25, -0.2) is 0 Å². The van der Waals surface area contributed by atoms with Crippen LogP contribution >= 0.6 is 15.9 Å². The lowest BCUT2D eigenvalue weighted by Gasteiger charge is -2.09. The standard InChI is InChI=1S/C20H18BrN3O/c1-14-3-2-4-15(11-14)13-23-18-9-10-22-19(12-18)20(25)24-17-7-5-16(21)6-8-17/h2-12H,13H2,1H3,(H,22,23)(H,24,25). The van der Waals surface area contributed by atoms with Gasteiger partial charge in [0.05, 0.1) is 0 Å². The molecule has 0 fully saturated rings. The summed E-state index contributed by atoms with van der Waals surface area (Å²) in [6.07, 6.45) is 1.63. The molecule has 0 bridgehead atoms. The second-order valence-electron chi connectivity index (χ2n) is 5.73. The molecule has 3 aromatic rings. The van der Waals surface area contributed by atoms with Gasteiger partial charge in [-0.1, -0.05) is 45.8 Å². The summed E-state index contributed by atoms with van der Waals surface area (Å²) in [5.74, 6) is -0.235. The third kappa shape index (κ3) is 4.90. The highest BCUT2D eigenvalue weighted by molar-refractivity contribution is 9.10. The van der Waals surface area contributed by atoms with Crippen molar-refractivity contribution in [2.75, 3.05) is 10.6 Å². The van der Waals surface area contributed by atoms with Gasteiger partial charge < -0.3 is 10.6 Å². The lowest BCUT2D eigenvalue weighted by Crippen LogP contribution is -2.14. The third-order valence-corrected chi connectivity index (χ3v) is 4.20. The van der Waals surface area contributed by atoms with E-state index in [1.807, 2.05) is 36.4 Å². The van der Waals surface area contributed by atoms with Crippen molar-refractivity contribution in [1.82, 2.24) is 4.98 Å². The van der Waals surface area contributed by atoms with E-state index in [4.69, 9.17) is 0 Å². The third-order valence-electron chi connectivity index (χ3n) is 3.67. The van der Waals surface area contributed by atoms with Gasteiger partial charge in [0.25, 0.3) is 5.91 Å². The molecule has 0 saturated heterocycles. The average molecular weight is 396 g/mol. The second-order valence-corrected chi connectivity index (χ2v) is 6.65. The summed E-state index contributed by atoms with van der Waals surface area (Å²) >= 11 is 3.37. The maximum absolute atomic E-state index is 12.4. The van der Waals surface area contributed by atoms with E-state index in [1.54, 1.807) is 12.3 Å². The molecular formula is C20H18BrN3O. The monoisotopic (exact) mass is 395 g/mol. The van der Waals surface area contributed by atoms with Crippen LogP contribution in [-0.2, 0) is 6.54 Å². The Morgan fingerprint density at radius 2 is 1.84 bits per heavy atom. The topological polar surface area (TPSA) is 54.0 Å². The number of hydrogen-bond donors (Lipinski definition) is 2. The molecule has 5 heteroatoms. The summed E-state index contributed by atoms with van der Waals surface area (Å²) in [6, 6.07) is 19.3. The Morgan fingerprint density at radius 1 is 1.04 bits per heavy atom. The Balaban J connectivity index is 1.66. The quantitative estimate of drug-likeness (QED) is 0.637. The molecule has 1 aromatic heterocycles. The van der Waals surface area contributed by atoms with Crippen LogP contribution in [0.3, 0.4) is 0 Å². The first kappa shape index (κ1) is 17.2. The molecule has 3 rings (SSSR count). The second kappa shape index (κ2) is 7.94. The van der Waals surface area contributed by atoms with Crippen LogP contribution in [0.2, 0.25) is 0 Å². The summed E-state index contributed by atoms with van der Waals surface area (Å²) < 4.78 is 0.964. The fourth-order valence-corrected chi connectivity index (χ4v) is 2.68. The Hall–Kier alpha value is -2.66. The van der Waals surface area contributed by atoms with Crippen LogP contribution in [0.15, 0.2) is 71.3 Å². The fourth-order valence-electron chi connectivity index (χ4n) is 2.42. The summed E-state index contributed by atoms with van der Waals surface area (Å²) in [4.78, 5) is 16.5. The summed E-state index contributed by atoms with van der Waals surface area (Å²) in [7, 11) is 0. The van der Waals surface area contributed by atoms with E-state index in [1.165, 1.54) is 11.1 Å². The molecular weight excluding hydrogens is 378 g/mol. The molecule has 1 amide bonds. The van der Waals surface area contributed by atoms with Crippen LogP contribution in [0.25, 0.3) is 0 Å². The molecule has 0 aliphatic carbocycles. The van der Waals surface area contributed by atoms with Gasteiger partial charge in [0, 0.05) is 28.6 Å². The maximum atomic E-state index is 12.4. The van der Waals surface area contributed by atoms with Gasteiger partial charge in [-0.2, -0.15) is 0 Å². The lowest BCUT2D eigenvalue weighted by molar-refractivity contribution is 0.102. The number of hydrogen-bond acceptors (Lipinski definition) is 3. The first-order valence-electron chi connectivity index (χ1n) is 7.92. The molecule has 2 aromatic carbocycles. The summed E-state index contributed by atoms with van der Waals surface area (Å²) in [5.41, 5.74) is 4.38. The van der Waals surface area contributed by atoms with E-state index >= 15 is 0 Å². The van der Waals surface area contributed by atoms with Gasteiger partial charge in [0.2, 0.25) is 0 Å². The predicted molar refractivity (Wildman–Crippen MR) is 105 cm³/mol. The molecule has 0 unspecified atom stereocenters. The molecule has 0 radical (unpaired) electrons. The van der Waals surface area contributed by atoms with E-state index in [0.29, 0.717) is 12.2 Å². The largest absolute Gasteiger partial charge is 0.381 e. The van der Waals surface area contributed by atoms with Crippen molar-refractivity contribution in [2.24, 2.45) is 0 Å². The Morgan fingerprint density at radius 3 is 2.60 bits per heavy atom. The molecule has 1 heterocycles. The highest BCUT2D eigenvalue weighted by Gasteiger charge is 2.08. The van der Waals surface area contributed by atoms with Crippen molar-refractivity contribution < 1.29 is 4.79 Å². The Labute approximate surface area is 155 Å². The Bertz CT molecular complexity index is 878. The van der Waals surface area contributed by atoms with Crippen molar-refractivity contribution in [3.63, 3.8) is 0 Å². The maximum Gasteiger partial charge on any atom is 0.274 e. The minimum absolute atomic E-state index is 0.235. The van der Waals surface area contributed by atoms with Gasteiger partial charge in [-0.15, -0.1) is 0 Å². The number of pyridine rings is 1. The number of rotatable bonds is 5. The van der Waals surface area contributed by atoms with Crippen molar-refractivity contribution in [2.45, 2.75) is 13.5 Å². The van der Waals surface area contributed by atoms with Crippen molar-refractivity contribution >= 4 is 33.2 Å². The minimum Gasteiger partial charge on any atom is -0.381 e. The van der Waals surface area contributed by atoms with Crippen LogP contribution in [0.4, 0.5) is 11.4 Å². The zero-order chi connectivity index (χ0) is 17.6. The smallest absolute Gasteiger partial charge is 0.274 e. The first-order chi connectivity index (χ1) is 12.1. The van der Waals surface area contributed by atoms with E-state index in [-0.39, 0.29) is 5.91 Å². The predicted octanol–water partition coefficient (Wildman–Crippen LogP) is 5.02. The van der Waals surface area contributed by atoms with Crippen LogP contribution in [0, 0.1) is 6.92 Å². The van der Waals surface area contributed by atoms with Crippen molar-refractivity contribution in [1.29, 1.82) is 0 Å². The molecule has 0 aliphatic heterocycles. The van der Waals surface area contributed by atoms with Crippen LogP contribution in [-0.4, -0.2) is 10.9 Å². The minimum atomic E-state index is -0.235. The number of aromatic nitrogens is 1. The SMILES string of the molecule is Cc1cccc(CNc2ccnc(C(=O)Nc3ccc(Br)cc3)c2)c1. The van der Waals surface area contributed by atoms with Crippen molar-refractivity contribution in [3.05, 3.63) is 88.2 Å². The van der Waals surface area contributed by atoms with Gasteiger partial charge in [-0.05, 0) is 48.9 Å². The van der Waals surface area contributed by atoms with Crippen molar-refractivity contribution in [3.8, 4) is 0 Å². The number of carbonyl (C=O) groups excluding carboxylic acids is 1. The fraction of sp³-hybridized carbons (Fsp3) is 0.100. The number of amides is 1. The number of halogens is 1. The molecule has 25 heavy (non-hydrogen) atoms. The van der Waals surface area contributed by atoms with Crippen LogP contribution in [0.5, 0.6) is 0 Å². The van der Waals surface area contributed by atoms with Crippen LogP contribution in [0.1, 0.15) is 21.6 Å². The molecule has 0 saturated carbocycles. The van der Waals surface area contributed by atoms with Gasteiger partial charge in [0.15, 0.2) is 0 Å². The molecule has 4 nitrogen and oxygen atoms in total. The van der Waals surface area contributed by atoms with Gasteiger partial charge in [-0.3, -0.25) is 9.78 Å². The molecule has 126 valence electrons. The number of anilines is 2. The van der Waals surface area contributed by atoms with E-state index in [9.17, 15) is 4.79 Å². The molecule has 0 atom stereocenters. The number of nitrogens with one attached hydrogen (secondary N) is 2. The van der Waals surface area contributed by atoms with Gasteiger partial charge in [0.1, 0.15) is 5.69 Å². The zero-order valence-corrected chi connectivity index (χ0v) is 15.4. The highest BCUT2D eigenvalue weighted by atomic mass is 79.9. The molecule has 0 spiro atoms. The first-order valence-corrected chi connectivity index (χ1v) is 8.72. The van der Waals surface area contributed by atoms with Crippen LogP contribution < -0.4 is 10.6 Å². The highest BCUT2D eigenvalue weighted by Crippen LogP contribution is 2.16. The normalized spacial score (nSPS) is 10.3. The van der Waals surface area contributed by atoms with E-state index in [2.05, 4.69) is 56.7 Å². The number of aryl methyl sites for hydroxylation is 1. The van der Waals surface area contributed by atoms with Gasteiger partial charge >= 0.3 is 0 Å². The lowest BCUT2D eigenvalue weighted by atomic mass is 10.1. The molecule has 2 N–H and O–H groups in total. The van der Waals surface area contributed by atoms with E-state index in [0.717, 1.165) is 15.8 Å². The summed E-state index contributed by atoms with van der Waals surface area (Å²) in [5, 5.41) is 6.17. The number of carbonyl (C=O) groups is 1. The summed E-state index contributed by atoms with van der Waals surface area (Å²) in [6.45, 7) is 2.76.